The molecule has 2 amide bonds. The van der Waals surface area contributed by atoms with Crippen LogP contribution in [-0.2, 0) is 16.1 Å². The van der Waals surface area contributed by atoms with E-state index in [4.69, 9.17) is 13.9 Å². The van der Waals surface area contributed by atoms with Crippen LogP contribution in [0.25, 0.3) is 0 Å². The summed E-state index contributed by atoms with van der Waals surface area (Å²) in [6, 6.07) is 15.4. The summed E-state index contributed by atoms with van der Waals surface area (Å²) in [6.45, 7) is -0.445. The minimum atomic E-state index is -0.806. The normalized spacial score (nSPS) is 10.2. The molecule has 0 atom stereocenters. The van der Waals surface area contributed by atoms with E-state index < -0.39 is 24.4 Å². The highest BCUT2D eigenvalue weighted by Gasteiger charge is 2.17. The van der Waals surface area contributed by atoms with Gasteiger partial charge < -0.3 is 13.9 Å². The summed E-state index contributed by atoms with van der Waals surface area (Å²) >= 11 is 1.20. The fraction of sp³-hybridized carbons (Fsp3) is 0.105. The van der Waals surface area contributed by atoms with Gasteiger partial charge in [-0.3, -0.25) is 14.9 Å². The molecule has 1 aromatic carbocycles. The Hall–Kier alpha value is -3.39. The standard InChI is InChI=1S/C19H15NO6S/c21-17(20-18(22)16-7-4-10-27-16)12-25-19(23)15-9-8-14(26-15)11-24-13-5-2-1-3-6-13/h1-10H,11-12H2,(H,20,21,22). The van der Waals surface area contributed by atoms with Gasteiger partial charge in [-0.05, 0) is 35.7 Å². The number of amides is 2. The fourth-order valence-electron chi connectivity index (χ4n) is 2.07. The first kappa shape index (κ1) is 18.4. The largest absolute Gasteiger partial charge is 0.486 e. The van der Waals surface area contributed by atoms with E-state index in [1.807, 2.05) is 18.2 Å². The average Bonchev–Trinajstić information content (AvgIpc) is 3.37. The Morgan fingerprint density at radius 3 is 2.56 bits per heavy atom. The molecular formula is C19H15NO6S. The van der Waals surface area contributed by atoms with Crippen LogP contribution < -0.4 is 10.1 Å². The van der Waals surface area contributed by atoms with Crippen molar-refractivity contribution in [3.8, 4) is 5.75 Å². The lowest BCUT2D eigenvalue weighted by molar-refractivity contribution is -0.123. The number of carbonyl (C=O) groups excluding carboxylic acids is 3. The third-order valence-corrected chi connectivity index (χ3v) is 4.19. The molecule has 0 saturated carbocycles. The van der Waals surface area contributed by atoms with Crippen molar-refractivity contribution in [1.82, 2.24) is 5.32 Å². The number of hydrogen-bond donors (Lipinski definition) is 1. The molecule has 0 saturated heterocycles. The van der Waals surface area contributed by atoms with Crippen LogP contribution in [-0.4, -0.2) is 24.4 Å². The molecule has 0 fully saturated rings. The van der Waals surface area contributed by atoms with Crippen LogP contribution in [0.1, 0.15) is 26.0 Å². The highest BCUT2D eigenvalue weighted by molar-refractivity contribution is 7.12. The Labute approximate surface area is 158 Å². The minimum Gasteiger partial charge on any atom is -0.486 e. The maximum atomic E-state index is 11.9. The second-order valence-corrected chi connectivity index (χ2v) is 6.25. The number of hydrogen-bond acceptors (Lipinski definition) is 7. The molecule has 7 nitrogen and oxygen atoms in total. The summed E-state index contributed by atoms with van der Waals surface area (Å²) in [5.74, 6) is -1.02. The van der Waals surface area contributed by atoms with E-state index in [2.05, 4.69) is 5.32 Å². The number of rotatable bonds is 7. The third kappa shape index (κ3) is 5.29. The maximum absolute atomic E-state index is 11.9. The highest BCUT2D eigenvalue weighted by Crippen LogP contribution is 2.14. The average molecular weight is 385 g/mol. The van der Waals surface area contributed by atoms with Crippen LogP contribution in [0.3, 0.4) is 0 Å². The number of para-hydroxylation sites is 1. The van der Waals surface area contributed by atoms with Crippen molar-refractivity contribution in [3.63, 3.8) is 0 Å². The molecule has 0 aliphatic heterocycles. The zero-order valence-corrected chi connectivity index (χ0v) is 14.9. The number of benzene rings is 1. The maximum Gasteiger partial charge on any atom is 0.374 e. The number of thiophene rings is 1. The number of nitrogens with one attached hydrogen (secondary N) is 1. The molecule has 3 rings (SSSR count). The lowest BCUT2D eigenvalue weighted by Gasteiger charge is -2.04. The molecule has 2 aromatic heterocycles. The number of ether oxygens (including phenoxy) is 2. The highest BCUT2D eigenvalue weighted by atomic mass is 32.1. The molecule has 0 unspecified atom stereocenters. The zero-order valence-electron chi connectivity index (χ0n) is 14.0. The number of carbonyl (C=O) groups is 3. The molecule has 2 heterocycles. The number of imide groups is 1. The molecule has 0 bridgehead atoms. The Kier molecular flexibility index (Phi) is 6.01. The zero-order chi connectivity index (χ0) is 19.1. The molecule has 0 aliphatic carbocycles. The van der Waals surface area contributed by atoms with Crippen molar-refractivity contribution in [2.75, 3.05) is 6.61 Å². The monoisotopic (exact) mass is 385 g/mol. The summed E-state index contributed by atoms with van der Waals surface area (Å²) < 4.78 is 15.7. The van der Waals surface area contributed by atoms with Gasteiger partial charge in [0.25, 0.3) is 11.8 Å². The predicted octanol–water partition coefficient (Wildman–Crippen LogP) is 3.03. The van der Waals surface area contributed by atoms with Crippen LogP contribution in [0.4, 0.5) is 0 Å². The Morgan fingerprint density at radius 2 is 1.81 bits per heavy atom. The van der Waals surface area contributed by atoms with Crippen molar-refractivity contribution < 1.29 is 28.3 Å². The van der Waals surface area contributed by atoms with Gasteiger partial charge in [-0.25, -0.2) is 4.79 Å². The molecule has 1 N–H and O–H groups in total. The molecule has 8 heteroatoms. The van der Waals surface area contributed by atoms with Gasteiger partial charge >= 0.3 is 5.97 Å². The van der Waals surface area contributed by atoms with Crippen molar-refractivity contribution >= 4 is 29.1 Å². The minimum absolute atomic E-state index is 0.0564. The summed E-state index contributed by atoms with van der Waals surface area (Å²) in [5, 5.41) is 3.86. The van der Waals surface area contributed by atoms with E-state index >= 15 is 0 Å². The van der Waals surface area contributed by atoms with Gasteiger partial charge in [-0.15, -0.1) is 11.3 Å². The van der Waals surface area contributed by atoms with Crippen molar-refractivity contribution in [3.05, 3.63) is 76.4 Å². The Bertz CT molecular complexity index is 917. The summed E-state index contributed by atoms with van der Waals surface area (Å²) in [7, 11) is 0. The first-order chi connectivity index (χ1) is 13.1. The van der Waals surface area contributed by atoms with Crippen molar-refractivity contribution in [2.24, 2.45) is 0 Å². The molecule has 27 heavy (non-hydrogen) atoms. The summed E-state index contributed by atoms with van der Waals surface area (Å²) in [5.41, 5.74) is 0. The Balaban J connectivity index is 1.45. The van der Waals surface area contributed by atoms with Gasteiger partial charge in [0.05, 0.1) is 4.88 Å². The van der Waals surface area contributed by atoms with Crippen LogP contribution in [0.2, 0.25) is 0 Å². The van der Waals surface area contributed by atoms with Crippen LogP contribution >= 0.6 is 11.3 Å². The quantitative estimate of drug-likeness (QED) is 0.628. The van der Waals surface area contributed by atoms with E-state index in [0.717, 1.165) is 0 Å². The second-order valence-electron chi connectivity index (χ2n) is 5.30. The first-order valence-corrected chi connectivity index (χ1v) is 8.81. The lowest BCUT2D eigenvalue weighted by Crippen LogP contribution is -2.33. The van der Waals surface area contributed by atoms with E-state index in [1.54, 1.807) is 35.7 Å². The first-order valence-electron chi connectivity index (χ1n) is 7.93. The van der Waals surface area contributed by atoms with Gasteiger partial charge in [-0.1, -0.05) is 24.3 Å². The van der Waals surface area contributed by atoms with Gasteiger partial charge in [0.1, 0.15) is 18.1 Å². The molecule has 138 valence electrons. The number of furan rings is 1. The summed E-state index contributed by atoms with van der Waals surface area (Å²) in [6.07, 6.45) is 0. The van der Waals surface area contributed by atoms with Gasteiger partial charge in [-0.2, -0.15) is 0 Å². The SMILES string of the molecule is O=C(COC(=O)c1ccc(COc2ccccc2)o1)NC(=O)c1cccs1. The summed E-state index contributed by atoms with van der Waals surface area (Å²) in [4.78, 5) is 35.7. The molecule has 3 aromatic rings. The lowest BCUT2D eigenvalue weighted by atomic mass is 10.3. The topological polar surface area (TPSA) is 94.8 Å². The van der Waals surface area contributed by atoms with Crippen molar-refractivity contribution in [1.29, 1.82) is 0 Å². The molecule has 0 aliphatic rings. The van der Waals surface area contributed by atoms with E-state index in [1.165, 1.54) is 17.4 Å². The number of esters is 1. The van der Waals surface area contributed by atoms with Gasteiger partial charge in [0, 0.05) is 0 Å². The molecule has 0 radical (unpaired) electrons. The smallest absolute Gasteiger partial charge is 0.374 e. The van der Waals surface area contributed by atoms with Crippen LogP contribution in [0.15, 0.2) is 64.4 Å². The van der Waals surface area contributed by atoms with E-state index in [-0.39, 0.29) is 12.4 Å². The van der Waals surface area contributed by atoms with Gasteiger partial charge in [0.15, 0.2) is 6.61 Å². The fourth-order valence-corrected chi connectivity index (χ4v) is 2.69. The molecule has 0 spiro atoms. The predicted molar refractivity (Wildman–Crippen MR) is 96.6 cm³/mol. The van der Waals surface area contributed by atoms with Crippen LogP contribution in [0, 0.1) is 0 Å². The van der Waals surface area contributed by atoms with E-state index in [0.29, 0.717) is 16.4 Å². The van der Waals surface area contributed by atoms with E-state index in [9.17, 15) is 14.4 Å². The van der Waals surface area contributed by atoms with Gasteiger partial charge in [0.2, 0.25) is 5.76 Å². The Morgan fingerprint density at radius 1 is 1.00 bits per heavy atom. The molecular weight excluding hydrogens is 370 g/mol. The van der Waals surface area contributed by atoms with Crippen LogP contribution in [0.5, 0.6) is 5.75 Å². The third-order valence-electron chi connectivity index (χ3n) is 3.32. The van der Waals surface area contributed by atoms with Crippen molar-refractivity contribution in [2.45, 2.75) is 6.61 Å². The second kappa shape index (κ2) is 8.81.